The van der Waals surface area contributed by atoms with Crippen molar-refractivity contribution in [3.63, 3.8) is 0 Å². The number of nitrogens with one attached hydrogen (secondary N) is 1. The van der Waals surface area contributed by atoms with Gasteiger partial charge < -0.3 is 15.1 Å². The summed E-state index contributed by atoms with van der Waals surface area (Å²) in [5, 5.41) is 12.3. The van der Waals surface area contributed by atoms with Gasteiger partial charge in [0, 0.05) is 44.1 Å². The van der Waals surface area contributed by atoms with E-state index in [4.69, 9.17) is 0 Å². The van der Waals surface area contributed by atoms with Crippen molar-refractivity contribution in [2.24, 2.45) is 0 Å². The number of anilines is 1. The summed E-state index contributed by atoms with van der Waals surface area (Å²) in [6, 6.07) is 12.6. The fourth-order valence-electron chi connectivity index (χ4n) is 3.40. The molecule has 1 amide bonds. The topological polar surface area (TPSA) is 59.4 Å². The fraction of sp³-hybridized carbons (Fsp3) is 0.474. The Kier molecular flexibility index (Phi) is 5.37. The van der Waals surface area contributed by atoms with Crippen molar-refractivity contribution < 1.29 is 4.79 Å². The first-order valence-electron chi connectivity index (χ1n) is 8.73. The SMILES string of the molecule is N#C/C(=C/N1CCN(c2ccccc2)CC1)C(=O)NC1CCCC1. The summed E-state index contributed by atoms with van der Waals surface area (Å²) in [5.74, 6) is -0.227. The summed E-state index contributed by atoms with van der Waals surface area (Å²) in [4.78, 5) is 16.7. The number of carbonyl (C=O) groups is 1. The van der Waals surface area contributed by atoms with Crippen LogP contribution in [-0.4, -0.2) is 43.0 Å². The Morgan fingerprint density at radius 3 is 2.42 bits per heavy atom. The van der Waals surface area contributed by atoms with E-state index in [-0.39, 0.29) is 17.5 Å². The zero-order valence-corrected chi connectivity index (χ0v) is 13.9. The van der Waals surface area contributed by atoms with Crippen LogP contribution < -0.4 is 10.2 Å². The van der Waals surface area contributed by atoms with Gasteiger partial charge in [0.2, 0.25) is 0 Å². The quantitative estimate of drug-likeness (QED) is 0.682. The molecule has 1 aromatic carbocycles. The second-order valence-electron chi connectivity index (χ2n) is 6.47. The Morgan fingerprint density at radius 2 is 1.79 bits per heavy atom. The third-order valence-corrected chi connectivity index (χ3v) is 4.80. The Balaban J connectivity index is 1.55. The van der Waals surface area contributed by atoms with Crippen molar-refractivity contribution in [3.05, 3.63) is 42.1 Å². The van der Waals surface area contributed by atoms with Gasteiger partial charge >= 0.3 is 0 Å². The van der Waals surface area contributed by atoms with Gasteiger partial charge in [0.1, 0.15) is 11.6 Å². The lowest BCUT2D eigenvalue weighted by molar-refractivity contribution is -0.117. The molecule has 1 aliphatic heterocycles. The van der Waals surface area contributed by atoms with Crippen LogP contribution in [0.15, 0.2) is 42.1 Å². The summed E-state index contributed by atoms with van der Waals surface area (Å²) in [5.41, 5.74) is 1.44. The highest BCUT2D eigenvalue weighted by Crippen LogP contribution is 2.18. The number of carbonyl (C=O) groups excluding carboxylic acids is 1. The van der Waals surface area contributed by atoms with Crippen molar-refractivity contribution in [2.45, 2.75) is 31.7 Å². The molecule has 0 atom stereocenters. The highest BCUT2D eigenvalue weighted by molar-refractivity contribution is 5.97. The first-order valence-corrected chi connectivity index (χ1v) is 8.73. The summed E-state index contributed by atoms with van der Waals surface area (Å²) >= 11 is 0. The van der Waals surface area contributed by atoms with Gasteiger partial charge in [-0.25, -0.2) is 0 Å². The maximum absolute atomic E-state index is 12.3. The van der Waals surface area contributed by atoms with E-state index in [1.165, 1.54) is 5.69 Å². The molecule has 2 fully saturated rings. The monoisotopic (exact) mass is 324 g/mol. The average molecular weight is 324 g/mol. The molecule has 2 aliphatic rings. The van der Waals surface area contributed by atoms with Crippen LogP contribution in [0.2, 0.25) is 0 Å². The van der Waals surface area contributed by atoms with Crippen LogP contribution in [0.5, 0.6) is 0 Å². The molecule has 5 nitrogen and oxygen atoms in total. The second-order valence-corrected chi connectivity index (χ2v) is 6.47. The predicted octanol–water partition coefficient (Wildman–Crippen LogP) is 2.27. The number of para-hydroxylation sites is 1. The van der Waals surface area contributed by atoms with E-state index in [2.05, 4.69) is 33.3 Å². The molecule has 1 aliphatic carbocycles. The third-order valence-electron chi connectivity index (χ3n) is 4.80. The Hall–Kier alpha value is -2.48. The van der Waals surface area contributed by atoms with Gasteiger partial charge in [-0.1, -0.05) is 31.0 Å². The molecule has 0 spiro atoms. The number of amides is 1. The lowest BCUT2D eigenvalue weighted by Crippen LogP contribution is -2.44. The fourth-order valence-corrected chi connectivity index (χ4v) is 3.40. The Morgan fingerprint density at radius 1 is 1.12 bits per heavy atom. The van der Waals surface area contributed by atoms with Crippen LogP contribution in [0.3, 0.4) is 0 Å². The number of hydrogen-bond acceptors (Lipinski definition) is 4. The molecule has 0 aromatic heterocycles. The van der Waals surface area contributed by atoms with Crippen LogP contribution in [-0.2, 0) is 4.79 Å². The lowest BCUT2D eigenvalue weighted by atomic mass is 10.2. The molecule has 1 N–H and O–H groups in total. The first-order chi connectivity index (χ1) is 11.8. The van der Waals surface area contributed by atoms with E-state index < -0.39 is 0 Å². The van der Waals surface area contributed by atoms with E-state index in [0.717, 1.165) is 51.9 Å². The molecule has 0 unspecified atom stereocenters. The van der Waals surface area contributed by atoms with Gasteiger partial charge in [-0.3, -0.25) is 4.79 Å². The Labute approximate surface area is 143 Å². The van der Waals surface area contributed by atoms with Gasteiger partial charge in [-0.05, 0) is 25.0 Å². The predicted molar refractivity (Wildman–Crippen MR) is 94.3 cm³/mol. The number of nitrogens with zero attached hydrogens (tertiary/aromatic N) is 3. The van der Waals surface area contributed by atoms with E-state index in [0.29, 0.717) is 0 Å². The van der Waals surface area contributed by atoms with Gasteiger partial charge in [0.15, 0.2) is 0 Å². The second kappa shape index (κ2) is 7.87. The normalized spacial score (nSPS) is 19.2. The maximum Gasteiger partial charge on any atom is 0.263 e. The van der Waals surface area contributed by atoms with E-state index in [9.17, 15) is 10.1 Å². The molecule has 0 bridgehead atoms. The molecule has 1 saturated heterocycles. The van der Waals surface area contributed by atoms with Crippen molar-refractivity contribution in [3.8, 4) is 6.07 Å². The molecule has 126 valence electrons. The molecule has 1 aromatic rings. The average Bonchev–Trinajstić information content (AvgIpc) is 3.14. The molecule has 3 rings (SSSR count). The van der Waals surface area contributed by atoms with Crippen molar-refractivity contribution in [1.82, 2.24) is 10.2 Å². The van der Waals surface area contributed by atoms with Crippen LogP contribution in [0.1, 0.15) is 25.7 Å². The molecular weight excluding hydrogens is 300 g/mol. The first kappa shape index (κ1) is 16.4. The van der Waals surface area contributed by atoms with E-state index in [1.807, 2.05) is 18.2 Å². The molecule has 0 radical (unpaired) electrons. The highest BCUT2D eigenvalue weighted by atomic mass is 16.1. The number of hydrogen-bond donors (Lipinski definition) is 1. The highest BCUT2D eigenvalue weighted by Gasteiger charge is 2.21. The molecule has 5 heteroatoms. The molecule has 1 saturated carbocycles. The van der Waals surface area contributed by atoms with Crippen LogP contribution in [0.4, 0.5) is 5.69 Å². The minimum atomic E-state index is -0.227. The van der Waals surface area contributed by atoms with Crippen LogP contribution in [0.25, 0.3) is 0 Å². The summed E-state index contributed by atoms with van der Waals surface area (Å²) in [7, 11) is 0. The van der Waals surface area contributed by atoms with Crippen LogP contribution in [0, 0.1) is 11.3 Å². The largest absolute Gasteiger partial charge is 0.373 e. The minimum Gasteiger partial charge on any atom is -0.373 e. The standard InChI is InChI=1S/C19H24N4O/c20-14-16(19(24)21-17-6-4-5-7-17)15-22-10-12-23(13-11-22)18-8-2-1-3-9-18/h1-3,8-9,15,17H,4-7,10-13H2,(H,21,24)/b16-15-. The molecule has 24 heavy (non-hydrogen) atoms. The van der Waals surface area contributed by atoms with E-state index >= 15 is 0 Å². The van der Waals surface area contributed by atoms with Gasteiger partial charge in [-0.15, -0.1) is 0 Å². The van der Waals surface area contributed by atoms with E-state index in [1.54, 1.807) is 6.20 Å². The molecular formula is C19H24N4O. The zero-order chi connectivity index (χ0) is 16.8. The maximum atomic E-state index is 12.3. The number of piperazine rings is 1. The van der Waals surface area contributed by atoms with Crippen molar-refractivity contribution >= 4 is 11.6 Å². The number of rotatable bonds is 4. The Bertz CT molecular complexity index is 621. The van der Waals surface area contributed by atoms with Gasteiger partial charge in [0.05, 0.1) is 0 Å². The van der Waals surface area contributed by atoms with Crippen LogP contribution >= 0.6 is 0 Å². The summed E-state index contributed by atoms with van der Waals surface area (Å²) < 4.78 is 0. The summed E-state index contributed by atoms with van der Waals surface area (Å²) in [6.07, 6.45) is 6.11. The smallest absolute Gasteiger partial charge is 0.263 e. The lowest BCUT2D eigenvalue weighted by Gasteiger charge is -2.35. The molecule has 1 heterocycles. The summed E-state index contributed by atoms with van der Waals surface area (Å²) in [6.45, 7) is 3.42. The van der Waals surface area contributed by atoms with Crippen molar-refractivity contribution in [1.29, 1.82) is 5.26 Å². The number of nitriles is 1. The third kappa shape index (κ3) is 4.08. The van der Waals surface area contributed by atoms with Gasteiger partial charge in [0.25, 0.3) is 5.91 Å². The van der Waals surface area contributed by atoms with Crippen molar-refractivity contribution in [2.75, 3.05) is 31.1 Å². The zero-order valence-electron chi connectivity index (χ0n) is 13.9. The number of benzene rings is 1. The minimum absolute atomic E-state index is 0.218. The van der Waals surface area contributed by atoms with Gasteiger partial charge in [-0.2, -0.15) is 5.26 Å².